The summed E-state index contributed by atoms with van der Waals surface area (Å²) in [7, 11) is 0. The van der Waals surface area contributed by atoms with E-state index in [0.717, 1.165) is 18.2 Å². The Balaban J connectivity index is 2.26. The first-order chi connectivity index (χ1) is 12.3. The van der Waals surface area contributed by atoms with Gasteiger partial charge in [0.05, 0.1) is 11.1 Å². The van der Waals surface area contributed by atoms with Crippen LogP contribution in [0, 0.1) is 5.82 Å². The van der Waals surface area contributed by atoms with Gasteiger partial charge in [-0.25, -0.2) is 9.18 Å². The molecule has 1 N–H and O–H groups in total. The highest BCUT2D eigenvalue weighted by atomic mass is 19.4. The molecule has 3 rings (SSSR count). The van der Waals surface area contributed by atoms with Gasteiger partial charge in [0.15, 0.2) is 0 Å². The van der Waals surface area contributed by atoms with Crippen LogP contribution in [-0.4, -0.2) is 11.1 Å². The van der Waals surface area contributed by atoms with Gasteiger partial charge in [-0.05, 0) is 52.6 Å². The third kappa shape index (κ3) is 3.44. The Morgan fingerprint density at radius 3 is 2.15 bits per heavy atom. The van der Waals surface area contributed by atoms with E-state index in [1.807, 2.05) is 0 Å². The molecule has 3 aromatic carbocycles. The molecule has 0 bridgehead atoms. The third-order valence-electron chi connectivity index (χ3n) is 3.93. The molecule has 0 amide bonds. The molecule has 6 heteroatoms. The van der Waals surface area contributed by atoms with E-state index in [0.29, 0.717) is 5.56 Å². The molecule has 0 fully saturated rings. The van der Waals surface area contributed by atoms with Crippen LogP contribution in [0.2, 0.25) is 0 Å². The number of hydrogen-bond acceptors (Lipinski definition) is 1. The molecule has 0 radical (unpaired) electrons. The first-order valence-electron chi connectivity index (χ1n) is 7.57. The summed E-state index contributed by atoms with van der Waals surface area (Å²) in [5.41, 5.74) is -0.514. The summed E-state index contributed by atoms with van der Waals surface area (Å²) in [6.07, 6.45) is -4.63. The summed E-state index contributed by atoms with van der Waals surface area (Å²) in [6.45, 7) is 0. The van der Waals surface area contributed by atoms with E-state index in [1.165, 1.54) is 42.5 Å². The van der Waals surface area contributed by atoms with E-state index in [4.69, 9.17) is 0 Å². The summed E-state index contributed by atoms with van der Waals surface area (Å²) < 4.78 is 53.7. The zero-order chi connectivity index (χ0) is 18.9. The average molecular weight is 360 g/mol. The second-order valence-electron chi connectivity index (χ2n) is 5.62. The zero-order valence-corrected chi connectivity index (χ0v) is 13.2. The molecule has 0 saturated carbocycles. The lowest BCUT2D eigenvalue weighted by atomic mass is 9.92. The molecule has 0 heterocycles. The Kier molecular flexibility index (Phi) is 4.50. The van der Waals surface area contributed by atoms with Crippen molar-refractivity contribution in [2.75, 3.05) is 0 Å². The first kappa shape index (κ1) is 17.7. The second kappa shape index (κ2) is 6.63. The zero-order valence-electron chi connectivity index (χ0n) is 13.2. The molecule has 0 aromatic heterocycles. The van der Waals surface area contributed by atoms with Crippen molar-refractivity contribution in [3.8, 4) is 22.3 Å². The lowest BCUT2D eigenvalue weighted by Crippen LogP contribution is -2.08. The predicted molar refractivity (Wildman–Crippen MR) is 89.2 cm³/mol. The van der Waals surface area contributed by atoms with E-state index in [1.54, 1.807) is 6.07 Å². The maximum atomic E-state index is 13.5. The maximum Gasteiger partial charge on any atom is 0.417 e. The molecule has 26 heavy (non-hydrogen) atoms. The van der Waals surface area contributed by atoms with Gasteiger partial charge in [0.1, 0.15) is 5.82 Å². The molecule has 0 atom stereocenters. The van der Waals surface area contributed by atoms with Gasteiger partial charge in [-0.2, -0.15) is 13.2 Å². The Hall–Kier alpha value is -3.15. The highest BCUT2D eigenvalue weighted by Gasteiger charge is 2.34. The number of benzene rings is 3. The van der Waals surface area contributed by atoms with E-state index in [9.17, 15) is 27.5 Å². The van der Waals surface area contributed by atoms with Crippen molar-refractivity contribution in [1.82, 2.24) is 0 Å². The van der Waals surface area contributed by atoms with Crippen molar-refractivity contribution in [1.29, 1.82) is 0 Å². The molecule has 0 spiro atoms. The molecule has 0 aliphatic heterocycles. The maximum absolute atomic E-state index is 13.5. The van der Waals surface area contributed by atoms with E-state index in [-0.39, 0.29) is 22.3 Å². The van der Waals surface area contributed by atoms with Crippen LogP contribution >= 0.6 is 0 Å². The van der Waals surface area contributed by atoms with Crippen LogP contribution in [0.3, 0.4) is 0 Å². The number of hydrogen-bond donors (Lipinski definition) is 1. The summed E-state index contributed by atoms with van der Waals surface area (Å²) in [6, 6.07) is 14.2. The highest BCUT2D eigenvalue weighted by Crippen LogP contribution is 2.39. The van der Waals surface area contributed by atoms with Crippen LogP contribution in [0.25, 0.3) is 22.3 Å². The van der Waals surface area contributed by atoms with Crippen LogP contribution in [-0.2, 0) is 6.18 Å². The molecule has 0 saturated heterocycles. The smallest absolute Gasteiger partial charge is 0.417 e. The van der Waals surface area contributed by atoms with Crippen LogP contribution in [0.1, 0.15) is 15.9 Å². The van der Waals surface area contributed by atoms with Gasteiger partial charge in [-0.1, -0.05) is 36.4 Å². The number of alkyl halides is 3. The minimum absolute atomic E-state index is 0.0301. The summed E-state index contributed by atoms with van der Waals surface area (Å²) in [4.78, 5) is 11.4. The Morgan fingerprint density at radius 1 is 0.808 bits per heavy atom. The monoisotopic (exact) mass is 360 g/mol. The third-order valence-corrected chi connectivity index (χ3v) is 3.93. The number of halogens is 4. The molecule has 0 aliphatic rings. The molecule has 2 nitrogen and oxygen atoms in total. The van der Waals surface area contributed by atoms with Gasteiger partial charge in [0, 0.05) is 0 Å². The van der Waals surface area contributed by atoms with Gasteiger partial charge in [0.25, 0.3) is 0 Å². The topological polar surface area (TPSA) is 37.3 Å². The molecular formula is C20H12F4O2. The molecule has 0 aliphatic carbocycles. The van der Waals surface area contributed by atoms with Crippen molar-refractivity contribution < 1.29 is 27.5 Å². The van der Waals surface area contributed by atoms with Gasteiger partial charge in [0.2, 0.25) is 0 Å². The van der Waals surface area contributed by atoms with Gasteiger partial charge < -0.3 is 5.11 Å². The molecule has 132 valence electrons. The number of carbonyl (C=O) groups is 1. The lowest BCUT2D eigenvalue weighted by Gasteiger charge is -2.16. The Bertz CT molecular complexity index is 978. The Morgan fingerprint density at radius 2 is 1.50 bits per heavy atom. The van der Waals surface area contributed by atoms with Crippen LogP contribution in [0.4, 0.5) is 17.6 Å². The van der Waals surface area contributed by atoms with Gasteiger partial charge in [-0.15, -0.1) is 0 Å². The average Bonchev–Trinajstić information content (AvgIpc) is 2.60. The fourth-order valence-electron chi connectivity index (χ4n) is 2.78. The van der Waals surface area contributed by atoms with Crippen molar-refractivity contribution in [2.24, 2.45) is 0 Å². The summed E-state index contributed by atoms with van der Waals surface area (Å²) >= 11 is 0. The fraction of sp³-hybridized carbons (Fsp3) is 0.0500. The normalized spacial score (nSPS) is 11.4. The first-order valence-corrected chi connectivity index (χ1v) is 7.57. The van der Waals surface area contributed by atoms with Crippen molar-refractivity contribution in [3.63, 3.8) is 0 Å². The van der Waals surface area contributed by atoms with Crippen molar-refractivity contribution in [2.45, 2.75) is 6.18 Å². The highest BCUT2D eigenvalue weighted by molar-refractivity contribution is 5.96. The molecule has 3 aromatic rings. The van der Waals surface area contributed by atoms with Gasteiger partial charge in [-0.3, -0.25) is 0 Å². The van der Waals surface area contributed by atoms with E-state index < -0.39 is 23.5 Å². The summed E-state index contributed by atoms with van der Waals surface area (Å²) in [5, 5.41) is 9.30. The largest absolute Gasteiger partial charge is 0.478 e. The minimum atomic E-state index is -4.63. The number of rotatable bonds is 3. The second-order valence-corrected chi connectivity index (χ2v) is 5.62. The number of aromatic carboxylic acids is 1. The van der Waals surface area contributed by atoms with Gasteiger partial charge >= 0.3 is 12.1 Å². The fourth-order valence-corrected chi connectivity index (χ4v) is 2.78. The minimum Gasteiger partial charge on any atom is -0.478 e. The molecule has 0 unspecified atom stereocenters. The van der Waals surface area contributed by atoms with Crippen LogP contribution in [0.15, 0.2) is 66.7 Å². The van der Waals surface area contributed by atoms with Crippen molar-refractivity contribution in [3.05, 3.63) is 83.7 Å². The standard InChI is InChI=1S/C20H12F4O2/c21-14-5-3-4-12(10-14)17-11-13(8-9-18(17)20(22,23)24)15-6-1-2-7-16(15)19(25)26/h1-11H,(H,25,26). The number of carboxylic acids is 1. The van der Waals surface area contributed by atoms with Crippen molar-refractivity contribution >= 4 is 5.97 Å². The van der Waals surface area contributed by atoms with E-state index in [2.05, 4.69) is 0 Å². The van der Waals surface area contributed by atoms with Crippen LogP contribution < -0.4 is 0 Å². The molecular weight excluding hydrogens is 348 g/mol. The summed E-state index contributed by atoms with van der Waals surface area (Å²) in [5.74, 6) is -1.85. The van der Waals surface area contributed by atoms with Crippen LogP contribution in [0.5, 0.6) is 0 Å². The Labute approximate surface area is 146 Å². The lowest BCUT2D eigenvalue weighted by molar-refractivity contribution is -0.137. The SMILES string of the molecule is O=C(O)c1ccccc1-c1ccc(C(F)(F)F)c(-c2cccc(F)c2)c1. The predicted octanol–water partition coefficient (Wildman–Crippen LogP) is 5.88. The van der Waals surface area contributed by atoms with E-state index >= 15 is 0 Å². The number of carboxylic acid groups (broad SMARTS) is 1. The quantitative estimate of drug-likeness (QED) is 0.593.